The number of carbonyl (C=O) groups excluding carboxylic acids is 1. The summed E-state index contributed by atoms with van der Waals surface area (Å²) in [7, 11) is -3.45. The molecule has 0 radical (unpaired) electrons. The van der Waals surface area contributed by atoms with Crippen LogP contribution in [0.25, 0.3) is 0 Å². The molecule has 0 saturated carbocycles. The molecule has 1 aliphatic heterocycles. The van der Waals surface area contributed by atoms with Gasteiger partial charge in [0.05, 0.1) is 17.5 Å². The van der Waals surface area contributed by atoms with Crippen molar-refractivity contribution >= 4 is 21.6 Å². The Bertz CT molecular complexity index is 922. The number of likely N-dealkylation sites (tertiary alicyclic amines) is 1. The highest BCUT2D eigenvalue weighted by atomic mass is 32.2. The van der Waals surface area contributed by atoms with Crippen molar-refractivity contribution in [2.45, 2.75) is 32.4 Å². The fraction of sp³-hybridized carbons (Fsp3) is 0.381. The lowest BCUT2D eigenvalue weighted by molar-refractivity contribution is 0.0952. The van der Waals surface area contributed by atoms with Crippen molar-refractivity contribution in [1.82, 2.24) is 10.2 Å². The molecule has 0 aliphatic carbocycles. The van der Waals surface area contributed by atoms with E-state index in [2.05, 4.69) is 27.1 Å². The number of anilines is 1. The van der Waals surface area contributed by atoms with Crippen LogP contribution in [0.3, 0.4) is 0 Å². The highest BCUT2D eigenvalue weighted by Gasteiger charge is 2.14. The third-order valence-electron chi connectivity index (χ3n) is 4.77. The fourth-order valence-corrected chi connectivity index (χ4v) is 4.04. The number of para-hydroxylation sites is 1. The first-order valence-electron chi connectivity index (χ1n) is 9.56. The lowest BCUT2D eigenvalue weighted by Crippen LogP contribution is -2.29. The molecule has 0 spiro atoms. The summed E-state index contributed by atoms with van der Waals surface area (Å²) < 4.78 is 25.4. The van der Waals surface area contributed by atoms with Crippen molar-refractivity contribution in [1.29, 1.82) is 0 Å². The van der Waals surface area contributed by atoms with Gasteiger partial charge < -0.3 is 5.32 Å². The van der Waals surface area contributed by atoms with Crippen LogP contribution in [0.2, 0.25) is 0 Å². The third kappa shape index (κ3) is 6.07. The number of rotatable bonds is 7. The quantitative estimate of drug-likeness (QED) is 0.748. The molecule has 6 nitrogen and oxygen atoms in total. The largest absolute Gasteiger partial charge is 0.348 e. The average Bonchev–Trinajstić information content (AvgIpc) is 2.66. The summed E-state index contributed by atoms with van der Waals surface area (Å²) in [6.07, 6.45) is 4.90. The Labute approximate surface area is 167 Å². The van der Waals surface area contributed by atoms with E-state index >= 15 is 0 Å². The zero-order valence-corrected chi connectivity index (χ0v) is 17.0. The van der Waals surface area contributed by atoms with Crippen molar-refractivity contribution in [2.24, 2.45) is 0 Å². The van der Waals surface area contributed by atoms with E-state index in [1.165, 1.54) is 24.8 Å². The Morgan fingerprint density at radius 1 is 1.00 bits per heavy atom. The van der Waals surface area contributed by atoms with Crippen LogP contribution in [-0.4, -0.2) is 38.6 Å². The van der Waals surface area contributed by atoms with Crippen LogP contribution in [0.5, 0.6) is 0 Å². The standard InChI is InChI=1S/C21H27N3O3S/c1-28(26,27)23-20-11-4-3-10-19(20)21(25)22-15-17-8-7-9-18(14-17)16-24-12-5-2-6-13-24/h3-4,7-11,14,23H,2,5-6,12-13,15-16H2,1H3,(H,22,25). The maximum Gasteiger partial charge on any atom is 0.253 e. The fourth-order valence-electron chi connectivity index (χ4n) is 3.46. The number of benzene rings is 2. The second-order valence-electron chi connectivity index (χ2n) is 7.26. The van der Waals surface area contributed by atoms with Gasteiger partial charge in [-0.15, -0.1) is 0 Å². The minimum atomic E-state index is -3.45. The first-order chi connectivity index (χ1) is 13.4. The maximum atomic E-state index is 12.6. The van der Waals surface area contributed by atoms with E-state index in [0.717, 1.165) is 31.5 Å². The Morgan fingerprint density at radius 3 is 2.46 bits per heavy atom. The van der Waals surface area contributed by atoms with Gasteiger partial charge >= 0.3 is 0 Å². The zero-order chi connectivity index (χ0) is 20.0. The summed E-state index contributed by atoms with van der Waals surface area (Å²) in [6, 6.07) is 14.8. The molecule has 2 aromatic rings. The topological polar surface area (TPSA) is 78.5 Å². The van der Waals surface area contributed by atoms with Crippen molar-refractivity contribution < 1.29 is 13.2 Å². The predicted octanol–water partition coefficient (Wildman–Crippen LogP) is 2.97. The number of hydrogen-bond acceptors (Lipinski definition) is 4. The third-order valence-corrected chi connectivity index (χ3v) is 5.36. The van der Waals surface area contributed by atoms with Gasteiger partial charge in [-0.05, 0) is 49.2 Å². The van der Waals surface area contributed by atoms with E-state index < -0.39 is 10.0 Å². The van der Waals surface area contributed by atoms with Gasteiger partial charge in [0.25, 0.3) is 5.91 Å². The maximum absolute atomic E-state index is 12.6. The average molecular weight is 402 g/mol. The van der Waals surface area contributed by atoms with Gasteiger partial charge in [-0.3, -0.25) is 14.4 Å². The Hall–Kier alpha value is -2.38. The molecule has 2 aromatic carbocycles. The molecule has 1 saturated heterocycles. The van der Waals surface area contributed by atoms with Crippen LogP contribution in [-0.2, 0) is 23.1 Å². The Morgan fingerprint density at radius 2 is 1.71 bits per heavy atom. The molecule has 1 fully saturated rings. The lowest BCUT2D eigenvalue weighted by atomic mass is 10.1. The lowest BCUT2D eigenvalue weighted by Gasteiger charge is -2.26. The van der Waals surface area contributed by atoms with Crippen LogP contribution < -0.4 is 10.0 Å². The van der Waals surface area contributed by atoms with E-state index in [9.17, 15) is 13.2 Å². The normalized spacial score (nSPS) is 15.2. The zero-order valence-electron chi connectivity index (χ0n) is 16.1. The smallest absolute Gasteiger partial charge is 0.253 e. The van der Waals surface area contributed by atoms with Crippen LogP contribution in [0.4, 0.5) is 5.69 Å². The highest BCUT2D eigenvalue weighted by Crippen LogP contribution is 2.17. The minimum absolute atomic E-state index is 0.279. The van der Waals surface area contributed by atoms with Crippen LogP contribution >= 0.6 is 0 Å². The molecule has 1 aliphatic rings. The number of piperidine rings is 1. The molecule has 1 heterocycles. The van der Waals surface area contributed by atoms with Crippen LogP contribution in [0.15, 0.2) is 48.5 Å². The van der Waals surface area contributed by atoms with Crippen molar-refractivity contribution in [3.63, 3.8) is 0 Å². The number of nitrogens with zero attached hydrogens (tertiary/aromatic N) is 1. The summed E-state index contributed by atoms with van der Waals surface area (Å²) in [5, 5.41) is 2.88. The van der Waals surface area contributed by atoms with Crippen LogP contribution in [0.1, 0.15) is 40.7 Å². The Balaban J connectivity index is 1.63. The summed E-state index contributed by atoms with van der Waals surface area (Å²) in [5.74, 6) is -0.312. The van der Waals surface area contributed by atoms with Crippen molar-refractivity contribution in [2.75, 3.05) is 24.1 Å². The predicted molar refractivity (Wildman–Crippen MR) is 112 cm³/mol. The van der Waals surface area contributed by atoms with Gasteiger partial charge in [0, 0.05) is 13.1 Å². The van der Waals surface area contributed by atoms with E-state index in [4.69, 9.17) is 0 Å². The molecular formula is C21H27N3O3S. The van der Waals surface area contributed by atoms with Gasteiger partial charge in [-0.2, -0.15) is 0 Å². The van der Waals surface area contributed by atoms with Gasteiger partial charge in [0.15, 0.2) is 0 Å². The minimum Gasteiger partial charge on any atom is -0.348 e. The molecule has 150 valence electrons. The van der Waals surface area contributed by atoms with Crippen LogP contribution in [0, 0.1) is 0 Å². The monoisotopic (exact) mass is 401 g/mol. The summed E-state index contributed by atoms with van der Waals surface area (Å²) >= 11 is 0. The number of sulfonamides is 1. The molecule has 28 heavy (non-hydrogen) atoms. The van der Waals surface area contributed by atoms with E-state index in [1.807, 2.05) is 12.1 Å². The van der Waals surface area contributed by atoms with E-state index in [0.29, 0.717) is 12.1 Å². The second-order valence-corrected chi connectivity index (χ2v) is 9.01. The molecule has 2 N–H and O–H groups in total. The second kappa shape index (κ2) is 9.21. The summed E-state index contributed by atoms with van der Waals surface area (Å²) in [6.45, 7) is 3.61. The molecule has 0 atom stereocenters. The Kier molecular flexibility index (Phi) is 6.70. The van der Waals surface area contributed by atoms with Crippen molar-refractivity contribution in [3.8, 4) is 0 Å². The molecule has 1 amide bonds. The first-order valence-corrected chi connectivity index (χ1v) is 11.4. The van der Waals surface area contributed by atoms with Gasteiger partial charge in [0.1, 0.15) is 0 Å². The molecule has 0 bridgehead atoms. The molecular weight excluding hydrogens is 374 g/mol. The molecule has 0 aromatic heterocycles. The molecule has 7 heteroatoms. The summed E-state index contributed by atoms with van der Waals surface area (Å²) in [5.41, 5.74) is 2.85. The van der Waals surface area contributed by atoms with Gasteiger partial charge in [-0.25, -0.2) is 8.42 Å². The number of hydrogen-bond donors (Lipinski definition) is 2. The van der Waals surface area contributed by atoms with Crippen molar-refractivity contribution in [3.05, 3.63) is 65.2 Å². The highest BCUT2D eigenvalue weighted by molar-refractivity contribution is 7.92. The SMILES string of the molecule is CS(=O)(=O)Nc1ccccc1C(=O)NCc1cccc(CN2CCCCC2)c1. The van der Waals surface area contributed by atoms with Gasteiger partial charge in [0.2, 0.25) is 10.0 Å². The summed E-state index contributed by atoms with van der Waals surface area (Å²) in [4.78, 5) is 15.0. The number of amides is 1. The van der Waals surface area contributed by atoms with E-state index in [1.54, 1.807) is 24.3 Å². The molecule has 3 rings (SSSR count). The van der Waals surface area contributed by atoms with Gasteiger partial charge in [-0.1, -0.05) is 42.8 Å². The number of nitrogens with one attached hydrogen (secondary N) is 2. The van der Waals surface area contributed by atoms with E-state index in [-0.39, 0.29) is 11.6 Å². The number of carbonyl (C=O) groups is 1. The first kappa shape index (κ1) is 20.4. The molecule has 0 unspecified atom stereocenters.